The maximum absolute atomic E-state index is 13.9. The highest BCUT2D eigenvalue weighted by Crippen LogP contribution is 2.30. The normalized spacial score (nSPS) is 11.6. The summed E-state index contributed by atoms with van der Waals surface area (Å²) in [6.45, 7) is 5.20. The number of anilines is 1. The first-order chi connectivity index (χ1) is 10.1. The van der Waals surface area contributed by atoms with Crippen LogP contribution in [-0.4, -0.2) is 40.9 Å². The lowest BCUT2D eigenvalue weighted by Gasteiger charge is -2.23. The minimum Gasteiger partial charge on any atom is -0.443 e. The molecule has 0 unspecified atom stereocenters. The molecule has 0 radical (unpaired) electrons. The first-order valence-electron chi connectivity index (χ1n) is 6.52. The van der Waals surface area contributed by atoms with Crippen LogP contribution in [0, 0.1) is 5.82 Å². The van der Waals surface area contributed by atoms with Gasteiger partial charge >= 0.3 is 13.2 Å². The van der Waals surface area contributed by atoms with Crippen LogP contribution < -0.4 is 10.4 Å². The molecule has 0 aliphatic rings. The third kappa shape index (κ3) is 3.37. The summed E-state index contributed by atoms with van der Waals surface area (Å²) in [4.78, 5) is 17.3. The molecule has 0 aliphatic heterocycles. The summed E-state index contributed by atoms with van der Waals surface area (Å²) < 4.78 is 19.2. The number of halogens is 1. The van der Waals surface area contributed by atoms with Crippen LogP contribution in [0.3, 0.4) is 0 Å². The van der Waals surface area contributed by atoms with Crippen LogP contribution in [0.5, 0.6) is 0 Å². The Bertz CT molecular complexity index is 714. The van der Waals surface area contributed by atoms with Crippen LogP contribution in [0.15, 0.2) is 12.1 Å². The Kier molecular flexibility index (Phi) is 4.41. The summed E-state index contributed by atoms with van der Waals surface area (Å²) in [6, 6.07) is 2.38. The number of ether oxygens (including phenoxy) is 1. The van der Waals surface area contributed by atoms with Gasteiger partial charge in [-0.3, -0.25) is 4.90 Å². The number of rotatable bonds is 2. The smallest absolute Gasteiger partial charge is 0.443 e. The van der Waals surface area contributed by atoms with Gasteiger partial charge in [0.25, 0.3) is 0 Å². The van der Waals surface area contributed by atoms with Gasteiger partial charge in [0.05, 0.1) is 10.2 Å². The summed E-state index contributed by atoms with van der Waals surface area (Å²) in [7, 11) is -0.316. The Morgan fingerprint density at radius 3 is 2.59 bits per heavy atom. The van der Waals surface area contributed by atoms with Gasteiger partial charge in [0.2, 0.25) is 0 Å². The Labute approximate surface area is 131 Å². The minimum atomic E-state index is -1.77. The molecule has 22 heavy (non-hydrogen) atoms. The van der Waals surface area contributed by atoms with E-state index in [9.17, 15) is 19.2 Å². The molecule has 0 spiro atoms. The summed E-state index contributed by atoms with van der Waals surface area (Å²) in [5, 5.41) is 18.8. The lowest BCUT2D eigenvalue weighted by atomic mass is 9.79. The molecule has 2 aromatic rings. The van der Waals surface area contributed by atoms with Crippen LogP contribution in [-0.2, 0) is 4.74 Å². The summed E-state index contributed by atoms with van der Waals surface area (Å²) >= 11 is 0.935. The third-order valence-electron chi connectivity index (χ3n) is 2.75. The maximum atomic E-state index is 13.9. The molecule has 0 aliphatic carbocycles. The quantitative estimate of drug-likeness (QED) is 0.817. The second-order valence-electron chi connectivity index (χ2n) is 5.72. The van der Waals surface area contributed by atoms with Gasteiger partial charge in [0.15, 0.2) is 5.13 Å². The lowest BCUT2D eigenvalue weighted by molar-refractivity contribution is 0.0589. The molecule has 9 heteroatoms. The molecule has 2 N–H and O–H groups in total. The van der Waals surface area contributed by atoms with Crippen molar-refractivity contribution >= 4 is 45.4 Å². The number of aromatic nitrogens is 1. The van der Waals surface area contributed by atoms with Crippen molar-refractivity contribution < 1.29 is 24.0 Å². The van der Waals surface area contributed by atoms with Crippen molar-refractivity contribution in [3.63, 3.8) is 0 Å². The van der Waals surface area contributed by atoms with E-state index in [2.05, 4.69) is 4.98 Å². The molecule has 1 aromatic heterocycles. The number of carbonyl (C=O) groups is 1. The predicted octanol–water partition coefficient (Wildman–Crippen LogP) is 1.49. The van der Waals surface area contributed by atoms with E-state index in [0.717, 1.165) is 22.3 Å². The minimum absolute atomic E-state index is 0.0801. The molecule has 0 bridgehead atoms. The van der Waals surface area contributed by atoms with Gasteiger partial charge in [-0.15, -0.1) is 0 Å². The zero-order valence-corrected chi connectivity index (χ0v) is 13.4. The van der Waals surface area contributed by atoms with Crippen LogP contribution in [0.1, 0.15) is 20.8 Å². The van der Waals surface area contributed by atoms with Gasteiger partial charge in [-0.2, -0.15) is 0 Å². The number of amides is 1. The van der Waals surface area contributed by atoms with E-state index < -0.39 is 24.6 Å². The predicted molar refractivity (Wildman–Crippen MR) is 84.0 cm³/mol. The van der Waals surface area contributed by atoms with Crippen LogP contribution in [0.4, 0.5) is 14.3 Å². The molecule has 0 fully saturated rings. The van der Waals surface area contributed by atoms with Crippen molar-refractivity contribution in [1.29, 1.82) is 0 Å². The van der Waals surface area contributed by atoms with Crippen molar-refractivity contribution in [2.24, 2.45) is 0 Å². The third-order valence-corrected chi connectivity index (χ3v) is 3.89. The molecular formula is C13H16BFN2O4S. The molecule has 1 amide bonds. The highest BCUT2D eigenvalue weighted by atomic mass is 32.1. The first-order valence-corrected chi connectivity index (χ1v) is 7.33. The van der Waals surface area contributed by atoms with Gasteiger partial charge in [-0.1, -0.05) is 17.4 Å². The molecular weight excluding hydrogens is 310 g/mol. The van der Waals surface area contributed by atoms with Crippen LogP contribution in [0.25, 0.3) is 10.2 Å². The molecule has 0 atom stereocenters. The highest BCUT2D eigenvalue weighted by molar-refractivity contribution is 7.22. The standard InChI is InChI=1S/C13H16BFN2O4S/c1-13(2,3)21-12(18)17(4)11-16-9-7(14(19)20)5-6-8(15)10(9)22-11/h5-6,19-20H,1-4H3. The van der Waals surface area contributed by atoms with E-state index in [1.807, 2.05) is 0 Å². The zero-order chi connectivity index (χ0) is 16.7. The van der Waals surface area contributed by atoms with E-state index >= 15 is 0 Å². The number of hydrogen-bond acceptors (Lipinski definition) is 6. The molecule has 118 valence electrons. The van der Waals surface area contributed by atoms with Crippen LogP contribution >= 0.6 is 11.3 Å². The largest absolute Gasteiger partial charge is 0.490 e. The van der Waals surface area contributed by atoms with Crippen molar-refractivity contribution in [2.45, 2.75) is 26.4 Å². The number of hydrogen-bond donors (Lipinski definition) is 2. The Morgan fingerprint density at radius 2 is 2.05 bits per heavy atom. The van der Waals surface area contributed by atoms with Gasteiger partial charge in [-0.25, -0.2) is 14.2 Å². The molecule has 1 aromatic carbocycles. The Hall–Kier alpha value is -1.71. The average Bonchev–Trinajstić information content (AvgIpc) is 2.81. The topological polar surface area (TPSA) is 82.9 Å². The van der Waals surface area contributed by atoms with Crippen molar-refractivity contribution in [1.82, 2.24) is 4.98 Å². The monoisotopic (exact) mass is 326 g/mol. The van der Waals surface area contributed by atoms with E-state index in [-0.39, 0.29) is 20.8 Å². The van der Waals surface area contributed by atoms with E-state index in [0.29, 0.717) is 0 Å². The lowest BCUT2D eigenvalue weighted by Crippen LogP contribution is -2.34. The number of benzene rings is 1. The molecule has 0 saturated heterocycles. The number of nitrogens with zero attached hydrogens (tertiary/aromatic N) is 2. The van der Waals surface area contributed by atoms with Gasteiger partial charge in [-0.05, 0) is 26.8 Å². The Balaban J connectivity index is 2.43. The molecule has 6 nitrogen and oxygen atoms in total. The fourth-order valence-electron chi connectivity index (χ4n) is 1.74. The summed E-state index contributed by atoms with van der Waals surface area (Å²) in [5.41, 5.74) is -0.471. The second-order valence-corrected chi connectivity index (χ2v) is 6.70. The Morgan fingerprint density at radius 1 is 1.41 bits per heavy atom. The van der Waals surface area contributed by atoms with Gasteiger partial charge in [0.1, 0.15) is 11.4 Å². The molecule has 0 saturated carbocycles. The SMILES string of the molecule is CN(C(=O)OC(C)(C)C)c1nc2c(B(O)O)ccc(F)c2s1. The number of carbonyl (C=O) groups excluding carboxylic acids is 1. The van der Waals surface area contributed by atoms with Crippen molar-refractivity contribution in [3.8, 4) is 0 Å². The van der Waals surface area contributed by atoms with Gasteiger partial charge in [0, 0.05) is 12.5 Å². The van der Waals surface area contributed by atoms with E-state index in [1.54, 1.807) is 20.8 Å². The van der Waals surface area contributed by atoms with Crippen LogP contribution in [0.2, 0.25) is 0 Å². The number of fused-ring (bicyclic) bond motifs is 1. The summed E-state index contributed by atoms with van der Waals surface area (Å²) in [5.74, 6) is -0.541. The first kappa shape index (κ1) is 16.7. The van der Waals surface area contributed by atoms with E-state index in [1.165, 1.54) is 13.1 Å². The fourth-order valence-corrected chi connectivity index (χ4v) is 2.70. The highest BCUT2D eigenvalue weighted by Gasteiger charge is 2.25. The molecule has 2 rings (SSSR count). The average molecular weight is 326 g/mol. The van der Waals surface area contributed by atoms with Crippen molar-refractivity contribution in [2.75, 3.05) is 11.9 Å². The van der Waals surface area contributed by atoms with Crippen molar-refractivity contribution in [3.05, 3.63) is 17.9 Å². The zero-order valence-electron chi connectivity index (χ0n) is 12.6. The molecule has 1 heterocycles. The maximum Gasteiger partial charge on any atom is 0.490 e. The van der Waals surface area contributed by atoms with Gasteiger partial charge < -0.3 is 14.8 Å². The second kappa shape index (κ2) is 5.83. The fraction of sp³-hybridized carbons (Fsp3) is 0.385. The number of thiazole rings is 1. The van der Waals surface area contributed by atoms with E-state index in [4.69, 9.17) is 4.74 Å². The summed E-state index contributed by atoms with van der Waals surface area (Å²) in [6.07, 6.45) is -0.627.